The first kappa shape index (κ1) is 16.7. The Morgan fingerprint density at radius 1 is 1.24 bits per heavy atom. The van der Waals surface area contributed by atoms with Crippen LogP contribution in [0.25, 0.3) is 4.96 Å². The molecule has 2 aromatic rings. The van der Waals surface area contributed by atoms with Crippen molar-refractivity contribution in [1.82, 2.24) is 24.4 Å². The lowest BCUT2D eigenvalue weighted by Crippen LogP contribution is -2.50. The van der Waals surface area contributed by atoms with Crippen LogP contribution in [0.1, 0.15) is 42.8 Å². The summed E-state index contributed by atoms with van der Waals surface area (Å²) in [6.07, 6.45) is 5.29. The van der Waals surface area contributed by atoms with Crippen LogP contribution in [0.4, 0.5) is 0 Å². The molecule has 2 fully saturated rings. The monoisotopic (exact) mass is 361 g/mol. The lowest BCUT2D eigenvalue weighted by Gasteiger charge is -2.36. The van der Waals surface area contributed by atoms with Crippen LogP contribution in [0.15, 0.2) is 10.9 Å². The third-order valence-corrected chi connectivity index (χ3v) is 5.90. The molecule has 2 aliphatic heterocycles. The molecule has 2 aromatic heterocycles. The molecule has 0 spiro atoms. The van der Waals surface area contributed by atoms with Gasteiger partial charge in [-0.15, -0.1) is 0 Å². The number of aryl methyl sites for hydroxylation is 1. The molecule has 0 bridgehead atoms. The number of piperidine rings is 1. The van der Waals surface area contributed by atoms with Crippen molar-refractivity contribution in [3.05, 3.63) is 27.1 Å². The van der Waals surface area contributed by atoms with Gasteiger partial charge < -0.3 is 4.90 Å². The van der Waals surface area contributed by atoms with Gasteiger partial charge in [0.1, 0.15) is 5.01 Å². The van der Waals surface area contributed by atoms with E-state index in [9.17, 15) is 9.59 Å². The number of rotatable bonds is 3. The van der Waals surface area contributed by atoms with E-state index in [1.807, 2.05) is 11.8 Å². The maximum absolute atomic E-state index is 12.9. The average molecular weight is 361 g/mol. The third-order valence-electron chi connectivity index (χ3n) is 5.08. The molecule has 0 radical (unpaired) electrons. The van der Waals surface area contributed by atoms with Gasteiger partial charge in [0.2, 0.25) is 10.9 Å². The highest BCUT2D eigenvalue weighted by Gasteiger charge is 2.33. The van der Waals surface area contributed by atoms with Gasteiger partial charge in [0.15, 0.2) is 0 Å². The summed E-state index contributed by atoms with van der Waals surface area (Å²) in [5, 5.41) is 5.00. The smallest absolute Gasteiger partial charge is 0.275 e. The fraction of sp³-hybridized carbons (Fsp3) is 0.647. The second-order valence-electron chi connectivity index (χ2n) is 6.92. The number of hydrogen-bond donors (Lipinski definition) is 0. The predicted molar refractivity (Wildman–Crippen MR) is 95.7 cm³/mol. The summed E-state index contributed by atoms with van der Waals surface area (Å²) in [4.78, 5) is 34.6. The minimum Gasteiger partial charge on any atom is -0.341 e. The number of amides is 1. The van der Waals surface area contributed by atoms with Crippen molar-refractivity contribution in [2.45, 2.75) is 51.6 Å². The zero-order chi connectivity index (χ0) is 17.4. The Balaban J connectivity index is 1.57. The number of aromatic nitrogens is 3. The topological polar surface area (TPSA) is 70.8 Å². The molecule has 0 N–H and O–H groups in total. The number of hydrogen-bond acceptors (Lipinski definition) is 6. The SMILES string of the molecule is Cc1nn2c(=O)cc(CN3CCCCC3C(=O)N3CCCC3)nc2s1. The second-order valence-corrected chi connectivity index (χ2v) is 8.08. The predicted octanol–water partition coefficient (Wildman–Crippen LogP) is 1.44. The van der Waals surface area contributed by atoms with Gasteiger partial charge >= 0.3 is 0 Å². The van der Waals surface area contributed by atoms with Gasteiger partial charge in [-0.3, -0.25) is 14.5 Å². The first-order valence-electron chi connectivity index (χ1n) is 9.01. The van der Waals surface area contributed by atoms with E-state index in [0.717, 1.165) is 62.4 Å². The Morgan fingerprint density at radius 3 is 2.80 bits per heavy atom. The maximum Gasteiger partial charge on any atom is 0.275 e. The molecule has 25 heavy (non-hydrogen) atoms. The number of fused-ring (bicyclic) bond motifs is 1. The first-order valence-corrected chi connectivity index (χ1v) is 9.83. The van der Waals surface area contributed by atoms with E-state index in [-0.39, 0.29) is 17.5 Å². The largest absolute Gasteiger partial charge is 0.341 e. The van der Waals surface area contributed by atoms with Crippen molar-refractivity contribution in [3.63, 3.8) is 0 Å². The van der Waals surface area contributed by atoms with Crippen LogP contribution in [0.3, 0.4) is 0 Å². The Hall–Kier alpha value is -1.80. The molecular weight excluding hydrogens is 338 g/mol. The summed E-state index contributed by atoms with van der Waals surface area (Å²) in [7, 11) is 0. The van der Waals surface area contributed by atoms with Crippen LogP contribution >= 0.6 is 11.3 Å². The Labute approximate surface area is 150 Å². The molecule has 2 aliphatic rings. The summed E-state index contributed by atoms with van der Waals surface area (Å²) < 4.78 is 1.35. The molecule has 8 heteroatoms. The molecule has 0 saturated carbocycles. The molecule has 1 unspecified atom stereocenters. The van der Waals surface area contributed by atoms with Crippen LogP contribution in [0.5, 0.6) is 0 Å². The molecule has 4 heterocycles. The number of likely N-dealkylation sites (tertiary alicyclic amines) is 2. The molecule has 1 amide bonds. The van der Waals surface area contributed by atoms with E-state index in [4.69, 9.17) is 0 Å². The fourth-order valence-corrected chi connectivity index (χ4v) is 4.62. The highest BCUT2D eigenvalue weighted by molar-refractivity contribution is 7.16. The minimum absolute atomic E-state index is 0.0738. The molecule has 2 saturated heterocycles. The van der Waals surface area contributed by atoms with Crippen molar-refractivity contribution in [1.29, 1.82) is 0 Å². The minimum atomic E-state index is -0.149. The van der Waals surface area contributed by atoms with E-state index >= 15 is 0 Å². The molecule has 134 valence electrons. The molecule has 7 nitrogen and oxygen atoms in total. The van der Waals surface area contributed by atoms with Crippen LogP contribution in [-0.2, 0) is 11.3 Å². The average Bonchev–Trinajstić information content (AvgIpc) is 3.24. The van der Waals surface area contributed by atoms with Crippen LogP contribution < -0.4 is 5.56 Å². The van der Waals surface area contributed by atoms with Crippen molar-refractivity contribution < 1.29 is 4.79 Å². The van der Waals surface area contributed by atoms with Crippen LogP contribution in [0.2, 0.25) is 0 Å². The Morgan fingerprint density at radius 2 is 2.00 bits per heavy atom. The summed E-state index contributed by atoms with van der Waals surface area (Å²) in [5.41, 5.74) is 0.582. The van der Waals surface area contributed by atoms with Crippen molar-refractivity contribution >= 4 is 22.2 Å². The third kappa shape index (κ3) is 3.32. The molecule has 0 aliphatic carbocycles. The van der Waals surface area contributed by atoms with Gasteiger partial charge in [-0.2, -0.15) is 9.61 Å². The van der Waals surface area contributed by atoms with Gasteiger partial charge in [-0.05, 0) is 39.2 Å². The lowest BCUT2D eigenvalue weighted by atomic mass is 10.0. The Bertz CT molecular complexity index is 839. The highest BCUT2D eigenvalue weighted by Crippen LogP contribution is 2.23. The van der Waals surface area contributed by atoms with E-state index in [2.05, 4.69) is 15.0 Å². The standard InChI is InChI=1S/C17H23N5O2S/c1-12-19-22-15(23)10-13(18-17(22)25-12)11-21-9-3-2-6-14(21)16(24)20-7-4-5-8-20/h10,14H,2-9,11H2,1H3. The van der Waals surface area contributed by atoms with Crippen LogP contribution in [0, 0.1) is 6.92 Å². The molecule has 4 rings (SSSR count). The Kier molecular flexibility index (Phi) is 4.56. The van der Waals surface area contributed by atoms with Gasteiger partial charge in [-0.25, -0.2) is 4.98 Å². The molecular formula is C17H23N5O2S. The number of carbonyl (C=O) groups excluding carboxylic acids is 1. The number of nitrogens with zero attached hydrogens (tertiary/aromatic N) is 5. The van der Waals surface area contributed by atoms with Crippen LogP contribution in [-0.4, -0.2) is 56.0 Å². The second kappa shape index (κ2) is 6.84. The van der Waals surface area contributed by atoms with Crippen molar-refractivity contribution in [3.8, 4) is 0 Å². The van der Waals surface area contributed by atoms with Crippen molar-refractivity contribution in [2.75, 3.05) is 19.6 Å². The summed E-state index contributed by atoms with van der Waals surface area (Å²) in [6, 6.07) is 1.48. The van der Waals surface area contributed by atoms with E-state index in [0.29, 0.717) is 11.5 Å². The first-order chi connectivity index (χ1) is 12.1. The lowest BCUT2D eigenvalue weighted by molar-refractivity contribution is -0.137. The zero-order valence-corrected chi connectivity index (χ0v) is 15.3. The van der Waals surface area contributed by atoms with Gasteiger partial charge in [0.25, 0.3) is 5.56 Å². The van der Waals surface area contributed by atoms with E-state index in [1.54, 1.807) is 6.07 Å². The zero-order valence-electron chi connectivity index (χ0n) is 14.5. The summed E-state index contributed by atoms with van der Waals surface area (Å²) >= 11 is 1.42. The molecule has 1 atom stereocenters. The number of carbonyl (C=O) groups is 1. The van der Waals surface area contributed by atoms with Crippen molar-refractivity contribution in [2.24, 2.45) is 0 Å². The fourth-order valence-electron chi connectivity index (χ4n) is 3.85. The maximum atomic E-state index is 12.9. The normalized spacial score (nSPS) is 22.0. The molecule has 0 aromatic carbocycles. The quantitative estimate of drug-likeness (QED) is 0.827. The highest BCUT2D eigenvalue weighted by atomic mass is 32.1. The van der Waals surface area contributed by atoms with Gasteiger partial charge in [0, 0.05) is 25.7 Å². The van der Waals surface area contributed by atoms with E-state index < -0.39 is 0 Å². The summed E-state index contributed by atoms with van der Waals surface area (Å²) in [6.45, 7) is 5.07. The summed E-state index contributed by atoms with van der Waals surface area (Å²) in [5.74, 6) is 0.253. The van der Waals surface area contributed by atoms with E-state index in [1.165, 1.54) is 15.9 Å². The van der Waals surface area contributed by atoms with Gasteiger partial charge in [-0.1, -0.05) is 17.8 Å². The van der Waals surface area contributed by atoms with Gasteiger partial charge in [0.05, 0.1) is 11.7 Å².